The van der Waals surface area contributed by atoms with Gasteiger partial charge < -0.3 is 15.2 Å². The highest BCUT2D eigenvalue weighted by Gasteiger charge is 2.59. The van der Waals surface area contributed by atoms with Crippen LogP contribution in [0.25, 0.3) is 0 Å². The molecule has 2 saturated heterocycles. The fourth-order valence-corrected chi connectivity index (χ4v) is 6.97. The van der Waals surface area contributed by atoms with Gasteiger partial charge in [-0.1, -0.05) is 12.1 Å². The number of nitrogens with one attached hydrogen (secondary N) is 1. The van der Waals surface area contributed by atoms with E-state index in [-0.39, 0.29) is 29.3 Å². The SMILES string of the molecule is Cc1c(F)cccc1[C@@H]1N=C(c2nccs2)NC(CN2CC(F)(F)C3C2CCN3CCC(C)(C)C(=O)OC(C)(C)C)=C1C(=O)O. The minimum atomic E-state index is -3.07. The minimum absolute atomic E-state index is 0.0924. The molecular weight excluding hydrogens is 607 g/mol. The van der Waals surface area contributed by atoms with Crippen molar-refractivity contribution in [3.05, 3.63) is 63.0 Å². The molecule has 5 rings (SSSR count). The topological polar surface area (TPSA) is 107 Å². The third-order valence-electron chi connectivity index (χ3n) is 8.72. The zero-order valence-corrected chi connectivity index (χ0v) is 27.2. The first kappa shape index (κ1) is 33.1. The second kappa shape index (κ2) is 12.1. The summed E-state index contributed by atoms with van der Waals surface area (Å²) in [6.45, 7) is 10.5. The third-order valence-corrected chi connectivity index (χ3v) is 9.50. The number of esters is 1. The number of carbonyl (C=O) groups excluding carboxylic acids is 1. The van der Waals surface area contributed by atoms with Gasteiger partial charge in [0.05, 0.1) is 23.6 Å². The number of hydrogen-bond donors (Lipinski definition) is 2. The molecule has 2 unspecified atom stereocenters. The summed E-state index contributed by atoms with van der Waals surface area (Å²) in [4.78, 5) is 37.9. The number of hydrogen-bond acceptors (Lipinski definition) is 9. The average molecular weight is 648 g/mol. The average Bonchev–Trinajstić information content (AvgIpc) is 3.67. The number of carboxylic acid groups (broad SMARTS) is 1. The molecule has 4 heterocycles. The summed E-state index contributed by atoms with van der Waals surface area (Å²) < 4.78 is 51.7. The molecule has 2 fully saturated rings. The van der Waals surface area contributed by atoms with Crippen LogP contribution in [-0.2, 0) is 14.3 Å². The number of halogens is 3. The molecule has 0 saturated carbocycles. The van der Waals surface area contributed by atoms with Crippen LogP contribution in [0.3, 0.4) is 0 Å². The van der Waals surface area contributed by atoms with Crippen LogP contribution in [0.4, 0.5) is 13.2 Å². The van der Waals surface area contributed by atoms with E-state index >= 15 is 8.78 Å². The van der Waals surface area contributed by atoms with Gasteiger partial charge in [0.1, 0.15) is 17.5 Å². The summed E-state index contributed by atoms with van der Waals surface area (Å²) in [5.41, 5.74) is -0.772. The highest BCUT2D eigenvalue weighted by Crippen LogP contribution is 2.43. The number of benzene rings is 1. The van der Waals surface area contributed by atoms with Gasteiger partial charge in [0.2, 0.25) is 0 Å². The molecule has 0 aliphatic carbocycles. The number of aromatic nitrogens is 1. The van der Waals surface area contributed by atoms with Gasteiger partial charge in [0, 0.05) is 36.4 Å². The number of likely N-dealkylation sites (tertiary alicyclic amines) is 2. The lowest BCUT2D eigenvalue weighted by atomic mass is 9.88. The lowest BCUT2D eigenvalue weighted by molar-refractivity contribution is -0.166. The van der Waals surface area contributed by atoms with Gasteiger partial charge in [-0.2, -0.15) is 0 Å². The Hall–Kier alpha value is -3.29. The number of fused-ring (bicyclic) bond motifs is 1. The number of carboxylic acids is 1. The summed E-state index contributed by atoms with van der Waals surface area (Å²) in [5.74, 6) is -4.90. The van der Waals surface area contributed by atoms with Crippen molar-refractivity contribution in [3.8, 4) is 0 Å². The molecule has 244 valence electrons. The van der Waals surface area contributed by atoms with Crippen LogP contribution < -0.4 is 5.32 Å². The highest BCUT2D eigenvalue weighted by molar-refractivity contribution is 7.11. The zero-order chi connectivity index (χ0) is 32.9. The summed E-state index contributed by atoms with van der Waals surface area (Å²) in [7, 11) is 0. The molecule has 45 heavy (non-hydrogen) atoms. The van der Waals surface area contributed by atoms with Crippen LogP contribution in [0, 0.1) is 18.2 Å². The molecule has 0 bridgehead atoms. The van der Waals surface area contributed by atoms with Crippen molar-refractivity contribution < 1.29 is 32.6 Å². The van der Waals surface area contributed by atoms with Crippen LogP contribution in [0.1, 0.15) is 69.6 Å². The maximum absolute atomic E-state index is 15.7. The highest BCUT2D eigenvalue weighted by atomic mass is 32.1. The number of ether oxygens (including phenoxy) is 1. The van der Waals surface area contributed by atoms with E-state index in [1.165, 1.54) is 23.5 Å². The Kier molecular flexibility index (Phi) is 8.93. The van der Waals surface area contributed by atoms with Crippen LogP contribution in [0.2, 0.25) is 0 Å². The molecule has 0 radical (unpaired) electrons. The third kappa shape index (κ3) is 6.80. The van der Waals surface area contributed by atoms with Crippen LogP contribution in [0.15, 0.2) is 46.0 Å². The Morgan fingerprint density at radius 1 is 1.20 bits per heavy atom. The molecule has 3 aliphatic rings. The lowest BCUT2D eigenvalue weighted by Gasteiger charge is -2.32. The second-order valence-corrected chi connectivity index (χ2v) is 14.5. The van der Waals surface area contributed by atoms with Crippen LogP contribution in [0.5, 0.6) is 0 Å². The normalized spacial score (nSPS) is 23.9. The largest absolute Gasteiger partial charge is 0.478 e. The van der Waals surface area contributed by atoms with Crippen molar-refractivity contribution in [1.29, 1.82) is 0 Å². The Balaban J connectivity index is 1.41. The van der Waals surface area contributed by atoms with Crippen LogP contribution >= 0.6 is 11.3 Å². The molecule has 1 aromatic carbocycles. The molecule has 13 heteroatoms. The van der Waals surface area contributed by atoms with E-state index in [0.717, 1.165) is 0 Å². The van der Waals surface area contributed by atoms with Crippen LogP contribution in [-0.4, -0.2) is 87.5 Å². The van der Waals surface area contributed by atoms with E-state index in [0.29, 0.717) is 42.3 Å². The standard InChI is InChI=1S/C32H40F3N5O4S/c1-18-19(8-7-9-20(18)33)24-23(28(41)42)21(37-26(38-24)27-36-12-15-45-27)16-40-17-32(34,35)25-22(40)10-13-39(25)14-11-31(5,6)29(43)44-30(2,3)4/h7-9,12,15,22,24-25H,10-11,13-14,16-17H2,1-6H3,(H,37,38)(H,41,42)/t22?,24-,25?/m0/s1. The zero-order valence-electron chi connectivity index (χ0n) is 26.4. The van der Waals surface area contributed by atoms with E-state index < -0.39 is 53.4 Å². The van der Waals surface area contributed by atoms with E-state index in [2.05, 4.69) is 15.3 Å². The van der Waals surface area contributed by atoms with E-state index in [4.69, 9.17) is 4.74 Å². The number of amidine groups is 1. The Labute approximate surface area is 265 Å². The fourth-order valence-electron chi connectivity index (χ4n) is 6.39. The first-order valence-electron chi connectivity index (χ1n) is 15.0. The lowest BCUT2D eigenvalue weighted by Crippen LogP contribution is -2.47. The van der Waals surface area contributed by atoms with Gasteiger partial charge in [-0.25, -0.2) is 22.9 Å². The predicted octanol–water partition coefficient (Wildman–Crippen LogP) is 5.17. The van der Waals surface area contributed by atoms with Crippen molar-refractivity contribution in [2.75, 3.05) is 26.2 Å². The number of rotatable bonds is 9. The first-order chi connectivity index (χ1) is 21.0. The fraction of sp³-hybridized carbons (Fsp3) is 0.562. The van der Waals surface area contributed by atoms with Crippen molar-refractivity contribution in [3.63, 3.8) is 0 Å². The van der Waals surface area contributed by atoms with Crippen molar-refractivity contribution >= 4 is 29.1 Å². The molecule has 9 nitrogen and oxygen atoms in total. The number of nitrogens with zero attached hydrogens (tertiary/aromatic N) is 4. The first-order valence-corrected chi connectivity index (χ1v) is 15.9. The van der Waals surface area contributed by atoms with Gasteiger partial charge in [-0.15, -0.1) is 11.3 Å². The van der Waals surface area contributed by atoms with Gasteiger partial charge in [0.25, 0.3) is 5.92 Å². The van der Waals surface area contributed by atoms with Gasteiger partial charge in [0.15, 0.2) is 10.8 Å². The Morgan fingerprint density at radius 2 is 1.93 bits per heavy atom. The van der Waals surface area contributed by atoms with E-state index in [1.807, 2.05) is 0 Å². The molecule has 2 aromatic rings. The summed E-state index contributed by atoms with van der Waals surface area (Å²) in [5, 5.41) is 15.7. The Morgan fingerprint density at radius 3 is 2.58 bits per heavy atom. The smallest absolute Gasteiger partial charge is 0.335 e. The molecule has 2 N–H and O–H groups in total. The molecular formula is C32H40F3N5O4S. The summed E-state index contributed by atoms with van der Waals surface area (Å²) in [6, 6.07) is 1.74. The van der Waals surface area contributed by atoms with Crippen molar-refractivity contribution in [2.24, 2.45) is 10.4 Å². The second-order valence-electron chi connectivity index (χ2n) is 13.6. The number of carbonyl (C=O) groups is 2. The van der Waals surface area contributed by atoms with E-state index in [9.17, 15) is 19.1 Å². The van der Waals surface area contributed by atoms with Gasteiger partial charge in [-0.3, -0.25) is 19.6 Å². The van der Waals surface area contributed by atoms with Crippen molar-refractivity contribution in [2.45, 2.75) is 84.0 Å². The number of aliphatic carboxylic acids is 1. The van der Waals surface area contributed by atoms with Gasteiger partial charge >= 0.3 is 11.9 Å². The van der Waals surface area contributed by atoms with Crippen molar-refractivity contribution in [1.82, 2.24) is 20.1 Å². The molecule has 0 spiro atoms. The molecule has 3 atom stereocenters. The molecule has 0 amide bonds. The monoisotopic (exact) mass is 647 g/mol. The number of alkyl halides is 2. The maximum Gasteiger partial charge on any atom is 0.335 e. The quantitative estimate of drug-likeness (QED) is 0.359. The summed E-state index contributed by atoms with van der Waals surface area (Å²) >= 11 is 1.29. The Bertz CT molecular complexity index is 1520. The summed E-state index contributed by atoms with van der Waals surface area (Å²) in [6.07, 6.45) is 2.40. The molecule has 1 aromatic heterocycles. The predicted molar refractivity (Wildman–Crippen MR) is 165 cm³/mol. The number of thiazole rings is 1. The van der Waals surface area contributed by atoms with E-state index in [1.54, 1.807) is 69.0 Å². The molecule has 3 aliphatic heterocycles. The van der Waals surface area contributed by atoms with Gasteiger partial charge in [-0.05, 0) is 78.1 Å². The minimum Gasteiger partial charge on any atom is -0.478 e. The maximum atomic E-state index is 15.7. The number of aliphatic imine (C=N–C) groups is 1.